The molecule has 32 heavy (non-hydrogen) atoms. The van der Waals surface area contributed by atoms with Crippen LogP contribution in [0.15, 0.2) is 23.0 Å². The molecule has 0 spiro atoms. The molecule has 4 rings (SSSR count). The van der Waals surface area contributed by atoms with Crippen LogP contribution in [0.4, 0.5) is 27.9 Å². The average molecular weight is 462 g/mol. The Morgan fingerprint density at radius 1 is 1.06 bits per heavy atom. The first-order chi connectivity index (χ1) is 15.5. The quantitative estimate of drug-likeness (QED) is 0.229. The summed E-state index contributed by atoms with van der Waals surface area (Å²) in [5.41, 5.74) is 0.361. The van der Waals surface area contributed by atoms with Gasteiger partial charge >= 0.3 is 4.87 Å². The number of halogens is 1. The lowest BCUT2D eigenvalue weighted by Gasteiger charge is -2.17. The van der Waals surface area contributed by atoms with Crippen molar-refractivity contribution in [2.45, 2.75) is 51.1 Å². The Morgan fingerprint density at radius 3 is 2.47 bits per heavy atom. The van der Waals surface area contributed by atoms with Gasteiger partial charge in [0.2, 0.25) is 23.7 Å². The Morgan fingerprint density at radius 2 is 1.78 bits per heavy atom. The maximum atomic E-state index is 13.7. The lowest BCUT2D eigenvalue weighted by molar-refractivity contribution is 0.432. The van der Waals surface area contributed by atoms with Crippen LogP contribution in [-0.2, 0) is 6.54 Å². The van der Waals surface area contributed by atoms with Crippen molar-refractivity contribution in [1.29, 1.82) is 0 Å². The lowest BCUT2D eigenvalue weighted by atomic mass is 10.1. The number of rotatable bonds is 7. The van der Waals surface area contributed by atoms with E-state index in [1.54, 1.807) is 0 Å². The van der Waals surface area contributed by atoms with Gasteiger partial charge in [0.15, 0.2) is 11.6 Å². The molecule has 0 amide bonds. The zero-order valence-corrected chi connectivity index (χ0v) is 18.0. The van der Waals surface area contributed by atoms with Crippen molar-refractivity contribution < 1.29 is 14.6 Å². The van der Waals surface area contributed by atoms with Crippen molar-refractivity contribution in [3.63, 3.8) is 0 Å². The summed E-state index contributed by atoms with van der Waals surface area (Å²) in [5, 5.41) is 28.5. The normalized spacial score (nSPS) is 14.7. The molecule has 6 N–H and O–H groups in total. The van der Waals surface area contributed by atoms with Crippen LogP contribution in [0, 0.1) is 5.82 Å². The van der Waals surface area contributed by atoms with E-state index in [0.29, 0.717) is 16.5 Å². The maximum absolute atomic E-state index is 13.7. The summed E-state index contributed by atoms with van der Waals surface area (Å²) in [5.74, 6) is -0.654. The molecule has 0 radical (unpaired) electrons. The second-order valence-electron chi connectivity index (χ2n) is 7.57. The molecule has 0 bridgehead atoms. The summed E-state index contributed by atoms with van der Waals surface area (Å²) in [6.45, 7) is 0.134. The Labute approximate surface area is 187 Å². The number of nitrogens with zero attached hydrogens (tertiary/aromatic N) is 3. The molecule has 10 nitrogen and oxygen atoms in total. The molecule has 1 aromatic carbocycles. The maximum Gasteiger partial charge on any atom is 0.307 e. The van der Waals surface area contributed by atoms with E-state index in [2.05, 4.69) is 35.9 Å². The monoisotopic (exact) mass is 461 g/mol. The largest absolute Gasteiger partial charge is 0.505 e. The summed E-state index contributed by atoms with van der Waals surface area (Å²) >= 11 is 0.887. The van der Waals surface area contributed by atoms with E-state index in [-0.39, 0.29) is 35.2 Å². The molecule has 2 heterocycles. The number of phenolic OH excluding ortho intramolecular Hbond substituents is 1. The number of benzene rings is 1. The molecule has 1 aliphatic carbocycles. The minimum atomic E-state index is -0.767. The van der Waals surface area contributed by atoms with Gasteiger partial charge < -0.3 is 26.2 Å². The van der Waals surface area contributed by atoms with Gasteiger partial charge in [0.1, 0.15) is 0 Å². The molecule has 1 fully saturated rings. The van der Waals surface area contributed by atoms with Gasteiger partial charge in [0, 0.05) is 17.8 Å². The van der Waals surface area contributed by atoms with Crippen LogP contribution >= 0.6 is 11.3 Å². The van der Waals surface area contributed by atoms with Gasteiger partial charge in [-0.05, 0) is 25.0 Å². The zero-order chi connectivity index (χ0) is 22.5. The summed E-state index contributed by atoms with van der Waals surface area (Å²) in [7, 11) is 0. The predicted octanol–water partition coefficient (Wildman–Crippen LogP) is 3.66. The topological polar surface area (TPSA) is 148 Å². The number of H-pyrrole nitrogens is 1. The van der Waals surface area contributed by atoms with Crippen molar-refractivity contribution in [1.82, 2.24) is 19.9 Å². The fourth-order valence-corrected chi connectivity index (χ4v) is 4.19. The molecule has 2 aromatic heterocycles. The van der Waals surface area contributed by atoms with Crippen molar-refractivity contribution in [3.8, 4) is 11.6 Å². The van der Waals surface area contributed by atoms with Gasteiger partial charge in [-0.2, -0.15) is 15.0 Å². The van der Waals surface area contributed by atoms with Gasteiger partial charge in [-0.1, -0.05) is 37.0 Å². The fraction of sp³-hybridized carbons (Fsp3) is 0.400. The third-order valence-corrected chi connectivity index (χ3v) is 6.01. The number of hydrogen-bond acceptors (Lipinski definition) is 10. The van der Waals surface area contributed by atoms with Gasteiger partial charge in [-0.15, -0.1) is 0 Å². The molecule has 12 heteroatoms. The molecular weight excluding hydrogens is 437 g/mol. The van der Waals surface area contributed by atoms with Crippen molar-refractivity contribution in [2.75, 3.05) is 16.0 Å². The van der Waals surface area contributed by atoms with Crippen LogP contribution in [0.3, 0.4) is 0 Å². The highest BCUT2D eigenvalue weighted by molar-refractivity contribution is 7.09. The fourth-order valence-electron chi connectivity index (χ4n) is 3.53. The van der Waals surface area contributed by atoms with E-state index in [1.165, 1.54) is 25.0 Å². The molecule has 0 atom stereocenters. The summed E-state index contributed by atoms with van der Waals surface area (Å²) < 4.78 is 13.7. The third kappa shape index (κ3) is 5.63. The Kier molecular flexibility index (Phi) is 6.69. The minimum absolute atomic E-state index is 0.134. The van der Waals surface area contributed by atoms with Crippen molar-refractivity contribution in [2.24, 2.45) is 0 Å². The standard InChI is InChI=1S/C20H24FN7O3S/c21-13-9-12(7-8-14(13)29)24-19-27-17(22-10-15-16(30)25-20(31)32-15)26-18(28-19)23-11-5-3-1-2-4-6-11/h7-9,11,29-30H,1-6,10H2,(H,25,31)(H3,22,23,24,26,27,28). The number of anilines is 4. The summed E-state index contributed by atoms with van der Waals surface area (Å²) in [6.07, 6.45) is 6.74. The molecular formula is C20H24FN7O3S. The van der Waals surface area contributed by atoms with Crippen LogP contribution in [-0.4, -0.2) is 36.2 Å². The van der Waals surface area contributed by atoms with E-state index in [9.17, 15) is 19.4 Å². The molecule has 170 valence electrons. The number of nitrogens with one attached hydrogen (secondary N) is 4. The second kappa shape index (κ2) is 9.81. The van der Waals surface area contributed by atoms with E-state index in [1.807, 2.05) is 0 Å². The minimum Gasteiger partial charge on any atom is -0.505 e. The van der Waals surface area contributed by atoms with Gasteiger partial charge in [0.25, 0.3) is 0 Å². The number of hydrogen-bond donors (Lipinski definition) is 6. The van der Waals surface area contributed by atoms with Gasteiger partial charge in [-0.3, -0.25) is 9.78 Å². The van der Waals surface area contributed by atoms with Crippen molar-refractivity contribution >= 4 is 34.9 Å². The van der Waals surface area contributed by atoms with Crippen LogP contribution < -0.4 is 20.8 Å². The molecule has 1 saturated carbocycles. The molecule has 1 aliphatic rings. The number of aromatic nitrogens is 4. The highest BCUT2D eigenvalue weighted by atomic mass is 32.1. The third-order valence-electron chi connectivity index (χ3n) is 5.14. The number of thiazole rings is 1. The van der Waals surface area contributed by atoms with Crippen LogP contribution in [0.2, 0.25) is 0 Å². The van der Waals surface area contributed by atoms with E-state index < -0.39 is 11.6 Å². The van der Waals surface area contributed by atoms with Gasteiger partial charge in [-0.25, -0.2) is 4.39 Å². The zero-order valence-electron chi connectivity index (χ0n) is 17.2. The molecule has 0 unspecified atom stereocenters. The van der Waals surface area contributed by atoms with Gasteiger partial charge in [0.05, 0.1) is 11.4 Å². The molecule has 0 saturated heterocycles. The highest BCUT2D eigenvalue weighted by Gasteiger charge is 2.16. The van der Waals surface area contributed by atoms with E-state index >= 15 is 0 Å². The first kappa shape index (κ1) is 21.8. The smallest absolute Gasteiger partial charge is 0.307 e. The van der Waals surface area contributed by atoms with E-state index in [0.717, 1.165) is 43.1 Å². The SMILES string of the molecule is O=c1[nH]c(O)c(CNc2nc(Nc3ccc(O)c(F)c3)nc(NC3CCCCCC3)n2)s1. The van der Waals surface area contributed by atoms with E-state index in [4.69, 9.17) is 0 Å². The average Bonchev–Trinajstić information content (AvgIpc) is 2.92. The van der Waals surface area contributed by atoms with Crippen LogP contribution in [0.5, 0.6) is 11.6 Å². The number of phenols is 1. The first-order valence-electron chi connectivity index (χ1n) is 10.4. The Bertz CT molecular complexity index is 1130. The Balaban J connectivity index is 1.56. The Hall–Kier alpha value is -3.41. The molecule has 3 aromatic rings. The number of aromatic amines is 1. The highest BCUT2D eigenvalue weighted by Crippen LogP contribution is 2.24. The molecule has 0 aliphatic heterocycles. The van der Waals surface area contributed by atoms with Crippen molar-refractivity contribution in [3.05, 3.63) is 38.6 Å². The first-order valence-corrected chi connectivity index (χ1v) is 11.2. The number of aromatic hydroxyl groups is 2. The summed E-state index contributed by atoms with van der Waals surface area (Å²) in [4.78, 5) is 26.9. The predicted molar refractivity (Wildman–Crippen MR) is 120 cm³/mol. The lowest BCUT2D eigenvalue weighted by Crippen LogP contribution is -2.21. The van der Waals surface area contributed by atoms with Crippen LogP contribution in [0.1, 0.15) is 43.4 Å². The second-order valence-corrected chi connectivity index (χ2v) is 8.64. The summed E-state index contributed by atoms with van der Waals surface area (Å²) in [6, 6.07) is 4.12. The van der Waals surface area contributed by atoms with Crippen LogP contribution in [0.25, 0.3) is 0 Å².